The highest BCUT2D eigenvalue weighted by Crippen LogP contribution is 2.18. The average molecular weight is 164 g/mol. The molecule has 0 radical (unpaired) electrons. The van der Waals surface area contributed by atoms with Gasteiger partial charge in [-0.25, -0.2) is 0 Å². The third-order valence-electron chi connectivity index (χ3n) is 2.10. The lowest BCUT2D eigenvalue weighted by Gasteiger charge is -2.13. The van der Waals surface area contributed by atoms with Gasteiger partial charge in [-0.15, -0.1) is 0 Å². The van der Waals surface area contributed by atoms with Crippen molar-refractivity contribution in [3.8, 4) is 0 Å². The van der Waals surface area contributed by atoms with E-state index in [9.17, 15) is 0 Å². The largest absolute Gasteiger partial charge is 0.314 e. The minimum Gasteiger partial charge on any atom is -0.314 e. The molecule has 0 spiro atoms. The van der Waals surface area contributed by atoms with Crippen molar-refractivity contribution in [2.45, 2.75) is 12.8 Å². The third-order valence-corrected chi connectivity index (χ3v) is 2.10. The van der Waals surface area contributed by atoms with Gasteiger partial charge in [0, 0.05) is 32.3 Å². The Morgan fingerprint density at radius 1 is 1.58 bits per heavy atom. The van der Waals surface area contributed by atoms with Crippen molar-refractivity contribution >= 4 is 11.7 Å². The van der Waals surface area contributed by atoms with Crippen LogP contribution in [0.1, 0.15) is 12.8 Å². The summed E-state index contributed by atoms with van der Waals surface area (Å²) in [5, 5.41) is 11.9. The van der Waals surface area contributed by atoms with Crippen LogP contribution in [0, 0.1) is 5.41 Å². The number of aromatic nitrogens is 2. The molecule has 2 rings (SSSR count). The van der Waals surface area contributed by atoms with Gasteiger partial charge in [-0.05, 0) is 6.42 Å². The molecular weight excluding hydrogens is 152 g/mol. The topological polar surface area (TPSA) is 44.9 Å². The van der Waals surface area contributed by atoms with Crippen LogP contribution in [0.4, 0.5) is 5.82 Å². The predicted molar refractivity (Wildman–Crippen MR) is 47.5 cm³/mol. The van der Waals surface area contributed by atoms with Gasteiger partial charge in [-0.1, -0.05) is 0 Å². The lowest BCUT2D eigenvalue weighted by molar-refractivity contribution is 0.762. The molecule has 1 saturated heterocycles. The first kappa shape index (κ1) is 7.34. The summed E-state index contributed by atoms with van der Waals surface area (Å²) in [6, 6.07) is 1.94. The van der Waals surface area contributed by atoms with E-state index in [0.29, 0.717) is 5.84 Å². The van der Waals surface area contributed by atoms with Gasteiger partial charge in [0.2, 0.25) is 0 Å². The van der Waals surface area contributed by atoms with Crippen LogP contribution >= 0.6 is 0 Å². The normalized spacial score (nSPS) is 17.4. The molecule has 0 saturated carbocycles. The van der Waals surface area contributed by atoms with Gasteiger partial charge >= 0.3 is 0 Å². The molecule has 0 unspecified atom stereocenters. The fourth-order valence-corrected chi connectivity index (χ4v) is 1.47. The molecule has 4 heteroatoms. The van der Waals surface area contributed by atoms with Crippen molar-refractivity contribution in [2.24, 2.45) is 7.05 Å². The summed E-state index contributed by atoms with van der Waals surface area (Å²) in [5.74, 6) is 1.59. The Hall–Kier alpha value is -1.32. The Morgan fingerprint density at radius 2 is 2.42 bits per heavy atom. The van der Waals surface area contributed by atoms with Crippen LogP contribution in [0.15, 0.2) is 12.3 Å². The molecular formula is C8H12N4. The number of hydrogen-bond acceptors (Lipinski definition) is 2. The summed E-state index contributed by atoms with van der Waals surface area (Å²) in [5.41, 5.74) is 0. The quantitative estimate of drug-likeness (QED) is 0.673. The van der Waals surface area contributed by atoms with Gasteiger partial charge in [0.05, 0.1) is 0 Å². The summed E-state index contributed by atoms with van der Waals surface area (Å²) in [6.45, 7) is 0.940. The molecule has 1 fully saturated rings. The van der Waals surface area contributed by atoms with Gasteiger partial charge in [0.15, 0.2) is 5.82 Å². The number of nitrogens with zero attached hydrogens (tertiary/aromatic N) is 3. The third kappa shape index (κ3) is 1.09. The highest BCUT2D eigenvalue weighted by Gasteiger charge is 2.19. The number of anilines is 1. The second kappa shape index (κ2) is 2.62. The summed E-state index contributed by atoms with van der Waals surface area (Å²) in [6.07, 6.45) is 3.87. The van der Waals surface area contributed by atoms with E-state index in [0.717, 1.165) is 25.2 Å². The standard InChI is InChI=1S/C8H12N4/c1-11-6-4-8(10-11)12-5-2-3-7(12)9/h4,6,9H,2-3,5H2,1H3. The Balaban J connectivity index is 2.24. The van der Waals surface area contributed by atoms with E-state index < -0.39 is 0 Å². The van der Waals surface area contributed by atoms with Crippen LogP contribution in [0.2, 0.25) is 0 Å². The maximum atomic E-state index is 7.63. The van der Waals surface area contributed by atoms with Crippen molar-refractivity contribution in [3.05, 3.63) is 12.3 Å². The van der Waals surface area contributed by atoms with Crippen LogP contribution in [-0.2, 0) is 7.05 Å². The van der Waals surface area contributed by atoms with Gasteiger partial charge in [0.1, 0.15) is 5.84 Å². The van der Waals surface area contributed by atoms with Gasteiger partial charge in [0.25, 0.3) is 0 Å². The van der Waals surface area contributed by atoms with Crippen molar-refractivity contribution in [1.82, 2.24) is 9.78 Å². The molecule has 0 amide bonds. The minimum absolute atomic E-state index is 0.689. The van der Waals surface area contributed by atoms with E-state index in [4.69, 9.17) is 5.41 Å². The Labute approximate surface area is 71.3 Å². The Kier molecular flexibility index (Phi) is 1.60. The van der Waals surface area contributed by atoms with E-state index >= 15 is 0 Å². The first-order valence-corrected chi connectivity index (χ1v) is 4.12. The lowest BCUT2D eigenvalue weighted by atomic mass is 10.4. The van der Waals surface area contributed by atoms with E-state index in [1.165, 1.54) is 0 Å². The zero-order valence-corrected chi connectivity index (χ0v) is 7.12. The summed E-state index contributed by atoms with van der Waals surface area (Å²) in [4.78, 5) is 1.96. The minimum atomic E-state index is 0.689. The van der Waals surface area contributed by atoms with Crippen molar-refractivity contribution < 1.29 is 0 Å². The number of hydrogen-bond donors (Lipinski definition) is 1. The van der Waals surface area contributed by atoms with Crippen LogP contribution in [-0.4, -0.2) is 22.2 Å². The molecule has 1 aromatic rings. The summed E-state index contributed by atoms with van der Waals surface area (Å²) in [7, 11) is 1.89. The first-order valence-electron chi connectivity index (χ1n) is 4.12. The molecule has 12 heavy (non-hydrogen) atoms. The molecule has 64 valence electrons. The molecule has 1 N–H and O–H groups in total. The molecule has 0 aliphatic carbocycles. The lowest BCUT2D eigenvalue weighted by Crippen LogP contribution is -2.23. The second-order valence-electron chi connectivity index (χ2n) is 3.05. The molecule has 1 aliphatic heterocycles. The molecule has 1 aromatic heterocycles. The molecule has 1 aliphatic rings. The van der Waals surface area contributed by atoms with Gasteiger partial charge < -0.3 is 4.90 Å². The average Bonchev–Trinajstić information content (AvgIpc) is 2.58. The smallest absolute Gasteiger partial charge is 0.155 e. The fraction of sp³-hybridized carbons (Fsp3) is 0.500. The highest BCUT2D eigenvalue weighted by atomic mass is 15.3. The summed E-state index contributed by atoms with van der Waals surface area (Å²) >= 11 is 0. The monoisotopic (exact) mass is 164 g/mol. The summed E-state index contributed by atoms with van der Waals surface area (Å²) < 4.78 is 1.76. The van der Waals surface area contributed by atoms with Crippen molar-refractivity contribution in [2.75, 3.05) is 11.4 Å². The number of amidine groups is 1. The van der Waals surface area contributed by atoms with Gasteiger partial charge in [-0.2, -0.15) is 5.10 Å². The molecule has 2 heterocycles. The highest BCUT2D eigenvalue weighted by molar-refractivity contribution is 5.96. The zero-order valence-electron chi connectivity index (χ0n) is 7.12. The zero-order chi connectivity index (χ0) is 8.55. The number of aryl methyl sites for hydroxylation is 1. The van der Waals surface area contributed by atoms with Crippen LogP contribution in [0.25, 0.3) is 0 Å². The Bertz CT molecular complexity index is 302. The SMILES string of the molecule is Cn1ccc(N2CCCC2=N)n1. The van der Waals surface area contributed by atoms with Crippen LogP contribution < -0.4 is 4.90 Å². The van der Waals surface area contributed by atoms with E-state index in [1.807, 2.05) is 24.2 Å². The van der Waals surface area contributed by atoms with Crippen LogP contribution in [0.5, 0.6) is 0 Å². The van der Waals surface area contributed by atoms with Gasteiger partial charge in [-0.3, -0.25) is 10.1 Å². The number of nitrogens with one attached hydrogen (secondary N) is 1. The predicted octanol–water partition coefficient (Wildman–Crippen LogP) is 0.998. The van der Waals surface area contributed by atoms with Crippen molar-refractivity contribution in [1.29, 1.82) is 5.41 Å². The number of rotatable bonds is 1. The molecule has 0 aromatic carbocycles. The first-order chi connectivity index (χ1) is 5.77. The molecule has 0 atom stereocenters. The Morgan fingerprint density at radius 3 is 2.92 bits per heavy atom. The molecule has 4 nitrogen and oxygen atoms in total. The van der Waals surface area contributed by atoms with E-state index in [2.05, 4.69) is 5.10 Å². The second-order valence-corrected chi connectivity index (χ2v) is 3.05. The van der Waals surface area contributed by atoms with Crippen LogP contribution in [0.3, 0.4) is 0 Å². The maximum absolute atomic E-state index is 7.63. The van der Waals surface area contributed by atoms with E-state index in [-0.39, 0.29) is 0 Å². The van der Waals surface area contributed by atoms with E-state index in [1.54, 1.807) is 4.68 Å². The fourth-order valence-electron chi connectivity index (χ4n) is 1.47. The van der Waals surface area contributed by atoms with Crippen molar-refractivity contribution in [3.63, 3.8) is 0 Å². The molecule has 0 bridgehead atoms. The maximum Gasteiger partial charge on any atom is 0.155 e.